The average Bonchev–Trinajstić information content (AvgIpc) is 3.10. The second kappa shape index (κ2) is 7.15. The lowest BCUT2D eigenvalue weighted by Crippen LogP contribution is -2.06. The number of rotatable bonds is 5. The third-order valence-electron chi connectivity index (χ3n) is 4.39. The van der Waals surface area contributed by atoms with Crippen molar-refractivity contribution in [1.29, 1.82) is 0 Å². The number of anilines is 3. The highest BCUT2D eigenvalue weighted by atomic mass is 16.7. The van der Waals surface area contributed by atoms with E-state index in [4.69, 9.17) is 9.47 Å². The van der Waals surface area contributed by atoms with Gasteiger partial charge in [0.2, 0.25) is 12.7 Å². The first-order valence-corrected chi connectivity index (χ1v) is 8.89. The molecule has 0 aliphatic carbocycles. The van der Waals surface area contributed by atoms with Gasteiger partial charge in [-0.3, -0.25) is 0 Å². The molecule has 6 heteroatoms. The number of aromatic nitrogens is 2. The van der Waals surface area contributed by atoms with E-state index >= 15 is 0 Å². The standard InChI is InChI=1S/C21H22N4O2/c1-13-4-6-17(14(2)8-13)24-21-23-15(3)9-20(25-21)22-11-16-5-7-18-19(10-16)27-12-26-18/h4-10H,11-12H2,1-3H3,(H2,22,23,24,25). The molecule has 2 heterocycles. The quantitative estimate of drug-likeness (QED) is 0.697. The van der Waals surface area contributed by atoms with Crippen LogP contribution < -0.4 is 20.1 Å². The predicted octanol–water partition coefficient (Wildman–Crippen LogP) is 4.49. The Hall–Kier alpha value is -3.28. The Morgan fingerprint density at radius 2 is 1.78 bits per heavy atom. The van der Waals surface area contributed by atoms with Crippen LogP contribution in [-0.2, 0) is 6.54 Å². The lowest BCUT2D eigenvalue weighted by Gasteiger charge is -2.12. The fraction of sp³-hybridized carbons (Fsp3) is 0.238. The zero-order valence-electron chi connectivity index (χ0n) is 15.7. The summed E-state index contributed by atoms with van der Waals surface area (Å²) in [4.78, 5) is 9.09. The lowest BCUT2D eigenvalue weighted by molar-refractivity contribution is 0.174. The number of aryl methyl sites for hydroxylation is 3. The van der Waals surface area contributed by atoms with Gasteiger partial charge in [0.15, 0.2) is 11.5 Å². The lowest BCUT2D eigenvalue weighted by atomic mass is 10.1. The van der Waals surface area contributed by atoms with Gasteiger partial charge in [0.25, 0.3) is 0 Å². The molecule has 0 fully saturated rings. The summed E-state index contributed by atoms with van der Waals surface area (Å²) < 4.78 is 10.8. The summed E-state index contributed by atoms with van der Waals surface area (Å²) in [6, 6.07) is 14.1. The molecule has 1 aromatic heterocycles. The van der Waals surface area contributed by atoms with Crippen molar-refractivity contribution in [2.75, 3.05) is 17.4 Å². The van der Waals surface area contributed by atoms with Gasteiger partial charge in [0.1, 0.15) is 5.82 Å². The van der Waals surface area contributed by atoms with E-state index in [0.29, 0.717) is 12.5 Å². The summed E-state index contributed by atoms with van der Waals surface area (Å²) in [6.07, 6.45) is 0. The molecule has 138 valence electrons. The summed E-state index contributed by atoms with van der Waals surface area (Å²) in [5.74, 6) is 2.92. The van der Waals surface area contributed by atoms with Crippen molar-refractivity contribution in [2.24, 2.45) is 0 Å². The minimum absolute atomic E-state index is 0.283. The Morgan fingerprint density at radius 1 is 0.926 bits per heavy atom. The number of nitrogens with one attached hydrogen (secondary N) is 2. The van der Waals surface area contributed by atoms with E-state index in [0.717, 1.165) is 39.8 Å². The van der Waals surface area contributed by atoms with E-state index in [1.807, 2.05) is 31.2 Å². The van der Waals surface area contributed by atoms with Gasteiger partial charge < -0.3 is 20.1 Å². The van der Waals surface area contributed by atoms with Gasteiger partial charge in [0, 0.05) is 24.0 Å². The SMILES string of the molecule is Cc1ccc(Nc2nc(C)cc(NCc3ccc4c(c3)OCO4)n2)c(C)c1. The van der Waals surface area contributed by atoms with Gasteiger partial charge in [-0.25, -0.2) is 4.98 Å². The highest BCUT2D eigenvalue weighted by molar-refractivity contribution is 5.60. The predicted molar refractivity (Wildman–Crippen MR) is 106 cm³/mol. The van der Waals surface area contributed by atoms with Crippen molar-refractivity contribution >= 4 is 17.5 Å². The molecule has 2 aromatic carbocycles. The van der Waals surface area contributed by atoms with Gasteiger partial charge in [-0.1, -0.05) is 23.8 Å². The molecular weight excluding hydrogens is 340 g/mol. The Kier molecular flexibility index (Phi) is 4.54. The fourth-order valence-electron chi connectivity index (χ4n) is 3.03. The van der Waals surface area contributed by atoms with Crippen molar-refractivity contribution in [1.82, 2.24) is 9.97 Å². The third-order valence-corrected chi connectivity index (χ3v) is 4.39. The van der Waals surface area contributed by atoms with Crippen LogP contribution in [0.2, 0.25) is 0 Å². The van der Waals surface area contributed by atoms with E-state index in [9.17, 15) is 0 Å². The first kappa shape index (κ1) is 17.1. The first-order chi connectivity index (χ1) is 13.1. The normalized spacial score (nSPS) is 12.1. The molecule has 27 heavy (non-hydrogen) atoms. The van der Waals surface area contributed by atoms with E-state index in [-0.39, 0.29) is 6.79 Å². The van der Waals surface area contributed by atoms with E-state index < -0.39 is 0 Å². The molecule has 3 aromatic rings. The number of ether oxygens (including phenoxy) is 2. The van der Waals surface area contributed by atoms with E-state index in [1.54, 1.807) is 0 Å². The molecule has 0 unspecified atom stereocenters. The number of nitrogens with zero attached hydrogens (tertiary/aromatic N) is 2. The maximum atomic E-state index is 5.43. The molecule has 0 bridgehead atoms. The zero-order valence-corrected chi connectivity index (χ0v) is 15.7. The average molecular weight is 362 g/mol. The third kappa shape index (κ3) is 3.95. The highest BCUT2D eigenvalue weighted by Crippen LogP contribution is 2.32. The zero-order chi connectivity index (χ0) is 18.8. The molecule has 6 nitrogen and oxygen atoms in total. The van der Waals surface area contributed by atoms with Gasteiger partial charge in [-0.05, 0) is 50.1 Å². The van der Waals surface area contributed by atoms with Gasteiger partial charge in [-0.15, -0.1) is 0 Å². The van der Waals surface area contributed by atoms with Gasteiger partial charge in [-0.2, -0.15) is 4.98 Å². The van der Waals surface area contributed by atoms with Crippen LogP contribution in [0.4, 0.5) is 17.5 Å². The van der Waals surface area contributed by atoms with Gasteiger partial charge >= 0.3 is 0 Å². The molecular formula is C21H22N4O2. The minimum Gasteiger partial charge on any atom is -0.454 e. The smallest absolute Gasteiger partial charge is 0.231 e. The molecule has 0 radical (unpaired) electrons. The Labute approximate surface area is 158 Å². The largest absolute Gasteiger partial charge is 0.454 e. The molecule has 0 saturated heterocycles. The van der Waals surface area contributed by atoms with E-state index in [2.05, 4.69) is 52.6 Å². The molecule has 0 atom stereocenters. The molecule has 0 spiro atoms. The summed E-state index contributed by atoms with van der Waals surface area (Å²) >= 11 is 0. The Bertz CT molecular complexity index is 988. The Balaban J connectivity index is 1.48. The maximum absolute atomic E-state index is 5.43. The van der Waals surface area contributed by atoms with Crippen molar-refractivity contribution in [3.63, 3.8) is 0 Å². The molecule has 4 rings (SSSR count). The van der Waals surface area contributed by atoms with Crippen LogP contribution in [0.5, 0.6) is 11.5 Å². The fourth-order valence-corrected chi connectivity index (χ4v) is 3.03. The van der Waals surface area contributed by atoms with Crippen molar-refractivity contribution < 1.29 is 9.47 Å². The molecule has 1 aliphatic rings. The molecule has 2 N–H and O–H groups in total. The van der Waals surface area contributed by atoms with Crippen LogP contribution in [0.25, 0.3) is 0 Å². The van der Waals surface area contributed by atoms with Crippen LogP contribution in [0.3, 0.4) is 0 Å². The summed E-state index contributed by atoms with van der Waals surface area (Å²) in [6.45, 7) is 7.03. The van der Waals surface area contributed by atoms with Crippen LogP contribution in [0.15, 0.2) is 42.5 Å². The number of hydrogen-bond donors (Lipinski definition) is 2. The van der Waals surface area contributed by atoms with Crippen LogP contribution in [0.1, 0.15) is 22.4 Å². The summed E-state index contributed by atoms with van der Waals surface area (Å²) in [7, 11) is 0. The highest BCUT2D eigenvalue weighted by Gasteiger charge is 2.13. The van der Waals surface area contributed by atoms with Crippen LogP contribution in [-0.4, -0.2) is 16.8 Å². The van der Waals surface area contributed by atoms with Crippen molar-refractivity contribution in [2.45, 2.75) is 27.3 Å². The minimum atomic E-state index is 0.283. The molecule has 1 aliphatic heterocycles. The van der Waals surface area contributed by atoms with Gasteiger partial charge in [0.05, 0.1) is 0 Å². The monoisotopic (exact) mass is 362 g/mol. The topological polar surface area (TPSA) is 68.3 Å². The molecule has 0 saturated carbocycles. The van der Waals surface area contributed by atoms with Crippen molar-refractivity contribution in [3.8, 4) is 11.5 Å². The second-order valence-corrected chi connectivity index (χ2v) is 6.70. The summed E-state index contributed by atoms with van der Waals surface area (Å²) in [5.41, 5.74) is 5.39. The first-order valence-electron chi connectivity index (χ1n) is 8.89. The van der Waals surface area contributed by atoms with Crippen LogP contribution in [0, 0.1) is 20.8 Å². The molecule has 0 amide bonds. The summed E-state index contributed by atoms with van der Waals surface area (Å²) in [5, 5.41) is 6.67. The number of benzene rings is 2. The Morgan fingerprint density at radius 3 is 2.63 bits per heavy atom. The number of fused-ring (bicyclic) bond motifs is 1. The number of hydrogen-bond acceptors (Lipinski definition) is 6. The van der Waals surface area contributed by atoms with Crippen molar-refractivity contribution in [3.05, 3.63) is 64.8 Å². The van der Waals surface area contributed by atoms with E-state index in [1.165, 1.54) is 5.56 Å². The second-order valence-electron chi connectivity index (χ2n) is 6.70. The maximum Gasteiger partial charge on any atom is 0.231 e. The van der Waals surface area contributed by atoms with Crippen LogP contribution >= 0.6 is 0 Å².